The normalized spacial score (nSPS) is 13.5. The van der Waals surface area contributed by atoms with Gasteiger partial charge in [0.05, 0.1) is 6.61 Å². The van der Waals surface area contributed by atoms with Gasteiger partial charge in [-0.1, -0.05) is 78.9 Å². The summed E-state index contributed by atoms with van der Waals surface area (Å²) in [6.07, 6.45) is 6.69. The van der Waals surface area contributed by atoms with E-state index >= 15 is 0 Å². The third-order valence-electron chi connectivity index (χ3n) is 5.18. The first-order valence-corrected chi connectivity index (χ1v) is 10.0. The van der Waals surface area contributed by atoms with Gasteiger partial charge in [0.1, 0.15) is 5.75 Å². The molecule has 0 saturated heterocycles. The van der Waals surface area contributed by atoms with E-state index in [-0.39, 0.29) is 0 Å². The molecule has 0 fully saturated rings. The number of hydrogen-bond acceptors (Lipinski definition) is 2. The van der Waals surface area contributed by atoms with E-state index in [4.69, 9.17) is 4.74 Å². The molecule has 0 bridgehead atoms. The molecule has 0 amide bonds. The molecule has 0 saturated carbocycles. The van der Waals surface area contributed by atoms with Gasteiger partial charge in [-0.3, -0.25) is 4.90 Å². The Labute approximate surface area is 168 Å². The summed E-state index contributed by atoms with van der Waals surface area (Å²) in [7, 11) is 2.16. The number of fused-ring (bicyclic) bond motifs is 1. The zero-order chi connectivity index (χ0) is 19.2. The van der Waals surface area contributed by atoms with Crippen LogP contribution in [0.3, 0.4) is 0 Å². The van der Waals surface area contributed by atoms with E-state index in [1.807, 2.05) is 6.07 Å². The average Bonchev–Trinajstić information content (AvgIpc) is 2.75. The molecule has 0 unspecified atom stereocenters. The zero-order valence-corrected chi connectivity index (χ0v) is 16.5. The van der Waals surface area contributed by atoms with Gasteiger partial charge < -0.3 is 4.74 Å². The third-order valence-corrected chi connectivity index (χ3v) is 5.18. The summed E-state index contributed by atoms with van der Waals surface area (Å²) in [6, 6.07) is 25.9. The fourth-order valence-electron chi connectivity index (χ4n) is 3.65. The molecular formula is C26H27NO. The van der Waals surface area contributed by atoms with Gasteiger partial charge in [-0.15, -0.1) is 0 Å². The third kappa shape index (κ3) is 4.71. The second-order valence-corrected chi connectivity index (χ2v) is 7.48. The Morgan fingerprint density at radius 2 is 1.71 bits per heavy atom. The van der Waals surface area contributed by atoms with Crippen LogP contribution in [0.5, 0.6) is 5.75 Å². The molecule has 0 spiro atoms. The molecule has 0 aromatic heterocycles. The first kappa shape index (κ1) is 18.5. The molecular weight excluding hydrogens is 342 g/mol. The molecule has 2 heteroatoms. The Kier molecular flexibility index (Phi) is 5.89. The van der Waals surface area contributed by atoms with Crippen molar-refractivity contribution in [3.05, 3.63) is 95.6 Å². The predicted molar refractivity (Wildman–Crippen MR) is 118 cm³/mol. The van der Waals surface area contributed by atoms with E-state index in [2.05, 4.69) is 90.8 Å². The number of likely N-dealkylation sites (N-methyl/N-ethyl adjacent to an activating group) is 1. The van der Waals surface area contributed by atoms with Crippen LogP contribution in [0.25, 0.3) is 17.2 Å². The van der Waals surface area contributed by atoms with Crippen molar-refractivity contribution in [2.24, 2.45) is 0 Å². The number of rotatable bonds is 6. The van der Waals surface area contributed by atoms with E-state index in [9.17, 15) is 0 Å². The second-order valence-electron chi connectivity index (χ2n) is 7.48. The number of aryl methyl sites for hydroxylation is 1. The van der Waals surface area contributed by atoms with Crippen LogP contribution < -0.4 is 4.74 Å². The van der Waals surface area contributed by atoms with E-state index in [0.29, 0.717) is 0 Å². The molecule has 0 N–H and O–H groups in total. The highest BCUT2D eigenvalue weighted by atomic mass is 16.5. The van der Waals surface area contributed by atoms with Crippen molar-refractivity contribution in [3.8, 4) is 16.9 Å². The van der Waals surface area contributed by atoms with Gasteiger partial charge in [0, 0.05) is 13.1 Å². The van der Waals surface area contributed by atoms with Crippen molar-refractivity contribution >= 4 is 6.08 Å². The molecule has 0 atom stereocenters. The van der Waals surface area contributed by atoms with E-state index in [1.165, 1.54) is 27.8 Å². The average molecular weight is 370 g/mol. The lowest BCUT2D eigenvalue weighted by atomic mass is 10.0. The van der Waals surface area contributed by atoms with E-state index in [0.717, 1.165) is 38.3 Å². The Hall–Kier alpha value is -2.84. The zero-order valence-electron chi connectivity index (χ0n) is 16.5. The lowest BCUT2D eigenvalue weighted by Crippen LogP contribution is -2.18. The molecule has 0 aliphatic carbocycles. The number of nitrogens with zero attached hydrogens (tertiary/aromatic N) is 1. The predicted octanol–water partition coefficient (Wildman–Crippen LogP) is 5.82. The van der Waals surface area contributed by atoms with Gasteiger partial charge in [-0.25, -0.2) is 0 Å². The van der Waals surface area contributed by atoms with Gasteiger partial charge in [0.15, 0.2) is 0 Å². The number of benzene rings is 3. The maximum Gasteiger partial charge on any atom is 0.122 e. The molecule has 1 aliphatic heterocycles. The lowest BCUT2D eigenvalue weighted by Gasteiger charge is -2.20. The van der Waals surface area contributed by atoms with Crippen molar-refractivity contribution < 1.29 is 4.74 Å². The molecule has 142 valence electrons. The Morgan fingerprint density at radius 3 is 2.54 bits per heavy atom. The highest BCUT2D eigenvalue weighted by Gasteiger charge is 2.11. The van der Waals surface area contributed by atoms with Crippen LogP contribution in [0, 0.1) is 0 Å². The Balaban J connectivity index is 1.32. The Bertz CT molecular complexity index is 928. The van der Waals surface area contributed by atoms with Gasteiger partial charge >= 0.3 is 0 Å². The van der Waals surface area contributed by atoms with Crippen molar-refractivity contribution in [2.75, 3.05) is 20.2 Å². The molecule has 4 rings (SSSR count). The van der Waals surface area contributed by atoms with Crippen LogP contribution in [0.4, 0.5) is 0 Å². The quantitative estimate of drug-likeness (QED) is 0.542. The largest absolute Gasteiger partial charge is 0.493 e. The summed E-state index contributed by atoms with van der Waals surface area (Å²) in [5, 5.41) is 0. The standard InChI is InChI=1S/C26H27NO/c1-27(20-22-13-16-25-10-6-18-28-26(25)19-22)17-5-7-21-11-14-24(15-12-21)23-8-3-2-4-9-23/h2-5,7-9,11-16,19H,6,10,17-18,20H2,1H3. The fraction of sp³-hybridized carbons (Fsp3) is 0.231. The maximum absolute atomic E-state index is 5.79. The monoisotopic (exact) mass is 369 g/mol. The van der Waals surface area contributed by atoms with Crippen molar-refractivity contribution in [1.82, 2.24) is 4.90 Å². The summed E-state index contributed by atoms with van der Waals surface area (Å²) < 4.78 is 5.79. The maximum atomic E-state index is 5.79. The summed E-state index contributed by atoms with van der Waals surface area (Å²) in [5.41, 5.74) is 6.40. The van der Waals surface area contributed by atoms with Crippen LogP contribution in [-0.4, -0.2) is 25.1 Å². The lowest BCUT2D eigenvalue weighted by molar-refractivity contribution is 0.287. The molecule has 0 radical (unpaired) electrons. The molecule has 28 heavy (non-hydrogen) atoms. The van der Waals surface area contributed by atoms with Crippen LogP contribution in [0.15, 0.2) is 78.9 Å². The number of ether oxygens (including phenoxy) is 1. The highest BCUT2D eigenvalue weighted by Crippen LogP contribution is 2.26. The van der Waals surface area contributed by atoms with Gasteiger partial charge in [-0.2, -0.15) is 0 Å². The van der Waals surface area contributed by atoms with Gasteiger partial charge in [0.25, 0.3) is 0 Å². The first-order valence-electron chi connectivity index (χ1n) is 10.0. The molecule has 1 heterocycles. The van der Waals surface area contributed by atoms with Crippen molar-refractivity contribution in [2.45, 2.75) is 19.4 Å². The summed E-state index contributed by atoms with van der Waals surface area (Å²) in [5.74, 6) is 1.08. The fourth-order valence-corrected chi connectivity index (χ4v) is 3.65. The molecule has 3 aromatic rings. The van der Waals surface area contributed by atoms with Crippen molar-refractivity contribution in [3.63, 3.8) is 0 Å². The second kappa shape index (κ2) is 8.90. The summed E-state index contributed by atoms with van der Waals surface area (Å²) in [4.78, 5) is 2.32. The van der Waals surface area contributed by atoms with Crippen LogP contribution >= 0.6 is 0 Å². The number of hydrogen-bond donors (Lipinski definition) is 0. The molecule has 2 nitrogen and oxygen atoms in total. The van der Waals surface area contributed by atoms with Gasteiger partial charge in [0.2, 0.25) is 0 Å². The minimum atomic E-state index is 0.845. The first-order chi connectivity index (χ1) is 13.8. The minimum Gasteiger partial charge on any atom is -0.493 e. The van der Waals surface area contributed by atoms with E-state index in [1.54, 1.807) is 0 Å². The molecule has 1 aliphatic rings. The Morgan fingerprint density at radius 1 is 0.929 bits per heavy atom. The van der Waals surface area contributed by atoms with Gasteiger partial charge in [-0.05, 0) is 53.8 Å². The SMILES string of the molecule is CN(CC=Cc1ccc(-c2ccccc2)cc1)Cc1ccc2c(c1)OCCC2. The topological polar surface area (TPSA) is 12.5 Å². The van der Waals surface area contributed by atoms with Crippen molar-refractivity contribution in [1.29, 1.82) is 0 Å². The van der Waals surface area contributed by atoms with Crippen LogP contribution in [-0.2, 0) is 13.0 Å². The highest BCUT2D eigenvalue weighted by molar-refractivity contribution is 5.65. The molecule has 3 aromatic carbocycles. The smallest absolute Gasteiger partial charge is 0.122 e. The summed E-state index contributed by atoms with van der Waals surface area (Å²) >= 11 is 0. The van der Waals surface area contributed by atoms with E-state index < -0.39 is 0 Å². The summed E-state index contributed by atoms with van der Waals surface area (Å²) in [6.45, 7) is 2.68. The van der Waals surface area contributed by atoms with Crippen LogP contribution in [0.1, 0.15) is 23.1 Å². The minimum absolute atomic E-state index is 0.845. The van der Waals surface area contributed by atoms with Crippen LogP contribution in [0.2, 0.25) is 0 Å².